The van der Waals surface area contributed by atoms with Crippen LogP contribution in [0.2, 0.25) is 0 Å². The van der Waals surface area contributed by atoms with Gasteiger partial charge in [0.15, 0.2) is 0 Å². The molecule has 0 spiro atoms. The van der Waals surface area contributed by atoms with Crippen molar-refractivity contribution in [2.75, 3.05) is 5.32 Å². The molecular weight excluding hydrogens is 459 g/mol. The normalized spacial score (nSPS) is 9.92. The summed E-state index contributed by atoms with van der Waals surface area (Å²) in [5.41, 5.74) is 14.0. The van der Waals surface area contributed by atoms with Crippen LogP contribution >= 0.6 is 0 Å². The van der Waals surface area contributed by atoms with Gasteiger partial charge in [0, 0.05) is 42.6 Å². The number of nitrogens with one attached hydrogen (secondary N) is 1. The molecule has 0 amide bonds. The predicted octanol–water partition coefficient (Wildman–Crippen LogP) is 4.34. The molecule has 4 aromatic rings. The van der Waals surface area contributed by atoms with E-state index in [-0.39, 0.29) is 0 Å². The van der Waals surface area contributed by atoms with Crippen LogP contribution in [0.15, 0.2) is 85.2 Å². The fraction of sp³-hybridized carbons (Fsp3) is 0.267. The molecule has 0 aliphatic carbocycles. The Labute approximate surface area is 221 Å². The molecule has 6 nitrogen and oxygen atoms in total. The number of anilines is 1. The fourth-order valence-electron chi connectivity index (χ4n) is 3.21. The van der Waals surface area contributed by atoms with E-state index in [1.54, 1.807) is 18.3 Å². The monoisotopic (exact) mass is 498 g/mol. The van der Waals surface area contributed by atoms with Crippen LogP contribution in [0.3, 0.4) is 0 Å². The van der Waals surface area contributed by atoms with Gasteiger partial charge in [-0.15, -0.1) is 0 Å². The summed E-state index contributed by atoms with van der Waals surface area (Å²) in [6.07, 6.45) is 5.78. The zero-order valence-corrected chi connectivity index (χ0v) is 22.4. The first kappa shape index (κ1) is 29.7. The summed E-state index contributed by atoms with van der Waals surface area (Å²) in [6, 6.07) is 23.9. The van der Waals surface area contributed by atoms with Crippen LogP contribution in [0.4, 0.5) is 5.69 Å². The van der Waals surface area contributed by atoms with Crippen molar-refractivity contribution in [2.45, 2.75) is 53.6 Å². The second-order valence-corrected chi connectivity index (χ2v) is 8.69. The van der Waals surface area contributed by atoms with Crippen molar-refractivity contribution in [1.29, 1.82) is 0 Å². The molecule has 2 aromatic carbocycles. The van der Waals surface area contributed by atoms with Crippen molar-refractivity contribution >= 4 is 18.3 Å². The van der Waals surface area contributed by atoms with Gasteiger partial charge in [-0.2, -0.15) is 0 Å². The Morgan fingerprint density at radius 2 is 1.14 bits per heavy atom. The van der Waals surface area contributed by atoms with Crippen molar-refractivity contribution in [3.8, 4) is 0 Å². The van der Waals surface area contributed by atoms with Crippen molar-refractivity contribution in [1.82, 2.24) is 9.97 Å². The SMILES string of the molecule is CCc1ccc(B(O)O)cc1.CCc1ccc(NCc2ccc(C)nc2)cc1.Cc1ccc(CN)cn1. The Morgan fingerprint density at radius 3 is 1.54 bits per heavy atom. The number of nitrogens with two attached hydrogens (primary N) is 1. The molecule has 0 atom stereocenters. The molecule has 0 fully saturated rings. The third kappa shape index (κ3) is 11.4. The zero-order chi connectivity index (χ0) is 27.0. The molecule has 0 saturated carbocycles. The van der Waals surface area contributed by atoms with E-state index in [0.29, 0.717) is 12.0 Å². The van der Waals surface area contributed by atoms with Crippen LogP contribution in [0.5, 0.6) is 0 Å². The zero-order valence-electron chi connectivity index (χ0n) is 22.4. The molecule has 2 aromatic heterocycles. The third-order valence-corrected chi connectivity index (χ3v) is 5.73. The maximum Gasteiger partial charge on any atom is 0.488 e. The lowest BCUT2D eigenvalue weighted by Gasteiger charge is -2.07. The molecule has 0 bridgehead atoms. The summed E-state index contributed by atoms with van der Waals surface area (Å²) in [4.78, 5) is 8.35. The van der Waals surface area contributed by atoms with E-state index in [1.807, 2.05) is 50.4 Å². The lowest BCUT2D eigenvalue weighted by molar-refractivity contribution is 0.426. The molecule has 0 radical (unpaired) electrons. The smallest absolute Gasteiger partial charge is 0.423 e. The van der Waals surface area contributed by atoms with Crippen LogP contribution in [-0.2, 0) is 25.9 Å². The molecule has 0 aliphatic heterocycles. The highest BCUT2D eigenvalue weighted by molar-refractivity contribution is 6.58. The molecule has 0 aliphatic rings. The molecule has 7 heteroatoms. The Kier molecular flexibility index (Phi) is 13.1. The molecule has 5 N–H and O–H groups in total. The van der Waals surface area contributed by atoms with E-state index in [1.165, 1.54) is 16.7 Å². The van der Waals surface area contributed by atoms with Gasteiger partial charge in [0.1, 0.15) is 0 Å². The minimum atomic E-state index is -1.35. The maximum absolute atomic E-state index is 8.74. The molecular formula is C30H39BN4O2. The lowest BCUT2D eigenvalue weighted by atomic mass is 9.80. The van der Waals surface area contributed by atoms with Crippen molar-refractivity contribution in [2.24, 2.45) is 5.73 Å². The Morgan fingerprint density at radius 1 is 0.676 bits per heavy atom. The molecule has 2 heterocycles. The van der Waals surface area contributed by atoms with Crippen LogP contribution in [0.1, 0.15) is 47.5 Å². The number of hydrogen-bond acceptors (Lipinski definition) is 6. The Balaban J connectivity index is 0.000000208. The highest BCUT2D eigenvalue weighted by Gasteiger charge is 2.08. The first-order valence-corrected chi connectivity index (χ1v) is 12.7. The van der Waals surface area contributed by atoms with E-state index in [4.69, 9.17) is 15.8 Å². The average Bonchev–Trinajstić information content (AvgIpc) is 2.94. The van der Waals surface area contributed by atoms with Crippen LogP contribution in [-0.4, -0.2) is 27.1 Å². The van der Waals surface area contributed by atoms with Crippen LogP contribution in [0, 0.1) is 13.8 Å². The van der Waals surface area contributed by atoms with E-state index < -0.39 is 7.12 Å². The number of pyridine rings is 2. The highest BCUT2D eigenvalue weighted by Crippen LogP contribution is 2.11. The first-order chi connectivity index (χ1) is 17.8. The summed E-state index contributed by atoms with van der Waals surface area (Å²) in [5.74, 6) is 0. The minimum absolute atomic E-state index is 0.544. The highest BCUT2D eigenvalue weighted by atomic mass is 16.4. The van der Waals surface area contributed by atoms with Gasteiger partial charge in [-0.3, -0.25) is 9.97 Å². The quantitative estimate of drug-likeness (QED) is 0.283. The third-order valence-electron chi connectivity index (χ3n) is 5.73. The van der Waals surface area contributed by atoms with Crippen molar-refractivity contribution < 1.29 is 10.0 Å². The van der Waals surface area contributed by atoms with E-state index >= 15 is 0 Å². The van der Waals surface area contributed by atoms with E-state index in [9.17, 15) is 0 Å². The lowest BCUT2D eigenvalue weighted by Crippen LogP contribution is -2.29. The predicted molar refractivity (Wildman–Crippen MR) is 155 cm³/mol. The molecule has 37 heavy (non-hydrogen) atoms. The topological polar surface area (TPSA) is 104 Å². The number of benzene rings is 2. The van der Waals surface area contributed by atoms with Gasteiger partial charge in [0.25, 0.3) is 0 Å². The van der Waals surface area contributed by atoms with Crippen LogP contribution < -0.4 is 16.5 Å². The molecule has 0 saturated heterocycles. The van der Waals surface area contributed by atoms with Gasteiger partial charge in [0.2, 0.25) is 0 Å². The summed E-state index contributed by atoms with van der Waals surface area (Å²) in [5, 5.41) is 20.9. The second-order valence-electron chi connectivity index (χ2n) is 8.69. The summed E-state index contributed by atoms with van der Waals surface area (Å²) < 4.78 is 0. The van der Waals surface area contributed by atoms with Gasteiger partial charge in [-0.1, -0.05) is 62.4 Å². The largest absolute Gasteiger partial charge is 0.488 e. The van der Waals surface area contributed by atoms with Crippen molar-refractivity contribution in [3.05, 3.63) is 119 Å². The number of nitrogens with zero attached hydrogens (tertiary/aromatic N) is 2. The standard InChI is InChI=1S/C15H18N2.C8H11BO2.C7H10N2/c1-3-13-6-8-15(9-7-13)17-11-14-5-4-12(2)16-10-14;1-2-7-3-5-8(6-4-7)9(10)11;1-6-2-3-7(4-8)5-9-6/h4-10,17H,3,11H2,1-2H3;3-6,10-11H,2H2,1H3;2-3,5H,4,8H2,1H3. The van der Waals surface area contributed by atoms with Gasteiger partial charge in [0.05, 0.1) is 0 Å². The van der Waals surface area contributed by atoms with Gasteiger partial charge in [-0.25, -0.2) is 0 Å². The summed E-state index contributed by atoms with van der Waals surface area (Å²) in [7, 11) is -1.35. The number of hydrogen-bond donors (Lipinski definition) is 4. The van der Waals surface area contributed by atoms with Gasteiger partial charge < -0.3 is 21.1 Å². The number of rotatable bonds is 7. The molecule has 194 valence electrons. The Hall–Kier alpha value is -3.52. The Bertz CT molecular complexity index is 1150. The fourth-order valence-corrected chi connectivity index (χ4v) is 3.21. The van der Waals surface area contributed by atoms with Gasteiger partial charge >= 0.3 is 7.12 Å². The minimum Gasteiger partial charge on any atom is -0.423 e. The summed E-state index contributed by atoms with van der Waals surface area (Å²) >= 11 is 0. The molecule has 4 rings (SSSR count). The summed E-state index contributed by atoms with van der Waals surface area (Å²) in [6.45, 7) is 9.58. The van der Waals surface area contributed by atoms with E-state index in [2.05, 4.69) is 59.5 Å². The van der Waals surface area contributed by atoms with Crippen molar-refractivity contribution in [3.63, 3.8) is 0 Å². The van der Waals surface area contributed by atoms with E-state index in [0.717, 1.165) is 42.0 Å². The second kappa shape index (κ2) is 16.3. The number of aromatic nitrogens is 2. The first-order valence-electron chi connectivity index (χ1n) is 12.7. The number of aryl methyl sites for hydroxylation is 4. The maximum atomic E-state index is 8.74. The molecule has 0 unspecified atom stereocenters. The van der Waals surface area contributed by atoms with Gasteiger partial charge in [-0.05, 0) is 78.7 Å². The van der Waals surface area contributed by atoms with Crippen LogP contribution in [0.25, 0.3) is 0 Å². The average molecular weight is 498 g/mol.